The third-order valence-electron chi connectivity index (χ3n) is 2.92. The van der Waals surface area contributed by atoms with E-state index in [0.29, 0.717) is 6.04 Å². The molecule has 1 N–H and O–H groups in total. The average Bonchev–Trinajstić information content (AvgIpc) is 2.71. The van der Waals surface area contributed by atoms with Gasteiger partial charge in [0.05, 0.1) is 0 Å². The molecular formula is C10H22ClN3O. The van der Waals surface area contributed by atoms with Crippen molar-refractivity contribution in [2.75, 3.05) is 33.2 Å². The normalized spacial score (nSPS) is 19.5. The van der Waals surface area contributed by atoms with Crippen molar-refractivity contribution in [3.8, 4) is 0 Å². The third kappa shape index (κ3) is 3.54. The van der Waals surface area contributed by atoms with E-state index in [1.54, 1.807) is 0 Å². The van der Waals surface area contributed by atoms with Gasteiger partial charge in [0, 0.05) is 32.7 Å². The van der Waals surface area contributed by atoms with Crippen molar-refractivity contribution in [3.63, 3.8) is 0 Å². The smallest absolute Gasteiger partial charge is 0.320 e. The molecule has 1 rings (SSSR count). The Labute approximate surface area is 98.4 Å². The predicted octanol–water partition coefficient (Wildman–Crippen LogP) is 1.16. The van der Waals surface area contributed by atoms with Crippen LogP contribution in [-0.2, 0) is 0 Å². The number of nitrogens with zero attached hydrogens (tertiary/aromatic N) is 2. The summed E-state index contributed by atoms with van der Waals surface area (Å²) in [7, 11) is 1.90. The van der Waals surface area contributed by atoms with E-state index in [1.165, 1.54) is 0 Å². The second-order valence-corrected chi connectivity index (χ2v) is 3.71. The highest BCUT2D eigenvalue weighted by molar-refractivity contribution is 5.85. The molecular weight excluding hydrogens is 214 g/mol. The number of rotatable bonds is 3. The number of amides is 2. The van der Waals surface area contributed by atoms with Gasteiger partial charge in [0.25, 0.3) is 0 Å². The minimum Gasteiger partial charge on any atom is -0.325 e. The first-order valence-corrected chi connectivity index (χ1v) is 5.43. The number of hydrogen-bond donors (Lipinski definition) is 1. The zero-order valence-corrected chi connectivity index (χ0v) is 10.6. The highest BCUT2D eigenvalue weighted by Gasteiger charge is 2.25. The standard InChI is InChI=1S/C10H21N3O.ClH/c1-4-13(5-2)10(14)12(3)9-6-7-11-8-9;/h9,11H,4-8H2,1-3H3;1H/t9-;/m1./s1. The molecule has 2 amide bonds. The summed E-state index contributed by atoms with van der Waals surface area (Å²) in [6.45, 7) is 7.58. The molecule has 0 bridgehead atoms. The van der Waals surface area contributed by atoms with Gasteiger partial charge in [-0.15, -0.1) is 12.4 Å². The summed E-state index contributed by atoms with van der Waals surface area (Å²) in [5, 5.41) is 3.27. The van der Waals surface area contributed by atoms with Gasteiger partial charge in [-0.3, -0.25) is 0 Å². The van der Waals surface area contributed by atoms with Crippen LogP contribution in [0.2, 0.25) is 0 Å². The van der Waals surface area contributed by atoms with E-state index in [4.69, 9.17) is 0 Å². The molecule has 1 fully saturated rings. The lowest BCUT2D eigenvalue weighted by Crippen LogP contribution is -2.46. The molecule has 1 heterocycles. The van der Waals surface area contributed by atoms with Crippen LogP contribution >= 0.6 is 12.4 Å². The van der Waals surface area contributed by atoms with E-state index < -0.39 is 0 Å². The van der Waals surface area contributed by atoms with Crippen LogP contribution in [-0.4, -0.2) is 55.1 Å². The van der Waals surface area contributed by atoms with Crippen LogP contribution in [0.5, 0.6) is 0 Å². The fraction of sp³-hybridized carbons (Fsp3) is 0.900. The van der Waals surface area contributed by atoms with Gasteiger partial charge < -0.3 is 15.1 Å². The zero-order valence-electron chi connectivity index (χ0n) is 9.82. The third-order valence-corrected chi connectivity index (χ3v) is 2.92. The number of carbonyl (C=O) groups is 1. The van der Waals surface area contributed by atoms with Gasteiger partial charge in [-0.25, -0.2) is 4.79 Å². The van der Waals surface area contributed by atoms with Crippen LogP contribution in [0.15, 0.2) is 0 Å². The van der Waals surface area contributed by atoms with Crippen LogP contribution in [0.1, 0.15) is 20.3 Å². The molecule has 0 saturated carbocycles. The van der Waals surface area contributed by atoms with Crippen LogP contribution < -0.4 is 5.32 Å². The molecule has 1 aliphatic heterocycles. The molecule has 0 unspecified atom stereocenters. The Morgan fingerprint density at radius 3 is 2.40 bits per heavy atom. The van der Waals surface area contributed by atoms with Gasteiger partial charge in [-0.2, -0.15) is 0 Å². The van der Waals surface area contributed by atoms with Crippen LogP contribution in [0.3, 0.4) is 0 Å². The highest BCUT2D eigenvalue weighted by Crippen LogP contribution is 2.08. The summed E-state index contributed by atoms with van der Waals surface area (Å²) in [6.07, 6.45) is 1.07. The largest absolute Gasteiger partial charge is 0.325 e. The Kier molecular flexibility index (Phi) is 6.68. The van der Waals surface area contributed by atoms with Gasteiger partial charge >= 0.3 is 6.03 Å². The summed E-state index contributed by atoms with van der Waals surface area (Å²) >= 11 is 0. The number of likely N-dealkylation sites (N-methyl/N-ethyl adjacent to an activating group) is 1. The summed E-state index contributed by atoms with van der Waals surface area (Å²) in [4.78, 5) is 15.6. The summed E-state index contributed by atoms with van der Waals surface area (Å²) in [5.41, 5.74) is 0. The van der Waals surface area contributed by atoms with Crippen molar-refractivity contribution in [2.45, 2.75) is 26.3 Å². The minimum atomic E-state index is 0. The van der Waals surface area contributed by atoms with Gasteiger partial charge in [0.2, 0.25) is 0 Å². The molecule has 1 saturated heterocycles. The second kappa shape index (κ2) is 6.90. The second-order valence-electron chi connectivity index (χ2n) is 3.71. The van der Waals surface area contributed by atoms with Gasteiger partial charge in [-0.1, -0.05) is 0 Å². The topological polar surface area (TPSA) is 35.6 Å². The molecule has 0 aromatic heterocycles. The average molecular weight is 236 g/mol. The number of hydrogen-bond acceptors (Lipinski definition) is 2. The minimum absolute atomic E-state index is 0. The zero-order chi connectivity index (χ0) is 10.6. The molecule has 0 radical (unpaired) electrons. The van der Waals surface area contributed by atoms with Gasteiger partial charge in [0.15, 0.2) is 0 Å². The fourth-order valence-electron chi connectivity index (χ4n) is 1.84. The summed E-state index contributed by atoms with van der Waals surface area (Å²) in [6, 6.07) is 0.534. The Morgan fingerprint density at radius 1 is 1.40 bits per heavy atom. The van der Waals surface area contributed by atoms with Crippen molar-refractivity contribution in [1.82, 2.24) is 15.1 Å². The maximum atomic E-state index is 11.9. The molecule has 90 valence electrons. The van der Waals surface area contributed by atoms with Crippen molar-refractivity contribution >= 4 is 18.4 Å². The van der Waals surface area contributed by atoms with E-state index in [-0.39, 0.29) is 18.4 Å². The SMILES string of the molecule is CCN(CC)C(=O)N(C)[C@@H]1CCNC1.Cl. The number of halogens is 1. The maximum absolute atomic E-state index is 11.9. The lowest BCUT2D eigenvalue weighted by atomic mass is 10.2. The van der Waals surface area contributed by atoms with Crippen LogP contribution in [0, 0.1) is 0 Å². The lowest BCUT2D eigenvalue weighted by molar-refractivity contribution is 0.154. The van der Waals surface area contributed by atoms with Crippen molar-refractivity contribution < 1.29 is 4.79 Å². The maximum Gasteiger partial charge on any atom is 0.320 e. The highest BCUT2D eigenvalue weighted by atomic mass is 35.5. The molecule has 0 aromatic carbocycles. The Bertz CT molecular complexity index is 191. The molecule has 15 heavy (non-hydrogen) atoms. The van der Waals surface area contributed by atoms with E-state index in [9.17, 15) is 4.79 Å². The Balaban J connectivity index is 0.00000196. The number of nitrogens with one attached hydrogen (secondary N) is 1. The molecule has 0 aliphatic carbocycles. The lowest BCUT2D eigenvalue weighted by Gasteiger charge is -2.30. The number of urea groups is 1. The first-order valence-electron chi connectivity index (χ1n) is 5.43. The van der Waals surface area contributed by atoms with Crippen molar-refractivity contribution in [1.29, 1.82) is 0 Å². The Hall–Kier alpha value is -0.480. The van der Waals surface area contributed by atoms with E-state index in [2.05, 4.69) is 5.32 Å². The Morgan fingerprint density at radius 2 is 2.00 bits per heavy atom. The van der Waals surface area contributed by atoms with Crippen molar-refractivity contribution in [3.05, 3.63) is 0 Å². The monoisotopic (exact) mass is 235 g/mol. The van der Waals surface area contributed by atoms with Crippen LogP contribution in [0.25, 0.3) is 0 Å². The molecule has 1 aliphatic rings. The fourth-order valence-corrected chi connectivity index (χ4v) is 1.84. The summed E-state index contributed by atoms with van der Waals surface area (Å²) < 4.78 is 0. The molecule has 4 nitrogen and oxygen atoms in total. The first-order chi connectivity index (χ1) is 6.70. The molecule has 0 aromatic rings. The molecule has 0 spiro atoms. The molecule has 1 atom stereocenters. The van der Waals surface area contributed by atoms with Gasteiger partial charge in [0.1, 0.15) is 0 Å². The quantitative estimate of drug-likeness (QED) is 0.797. The van der Waals surface area contributed by atoms with Gasteiger partial charge in [-0.05, 0) is 26.8 Å². The van der Waals surface area contributed by atoms with Crippen molar-refractivity contribution in [2.24, 2.45) is 0 Å². The van der Waals surface area contributed by atoms with E-state index >= 15 is 0 Å². The first kappa shape index (κ1) is 14.5. The van der Waals surface area contributed by atoms with E-state index in [0.717, 1.165) is 32.6 Å². The number of carbonyl (C=O) groups excluding carboxylic acids is 1. The summed E-state index contributed by atoms with van der Waals surface area (Å²) in [5.74, 6) is 0. The predicted molar refractivity (Wildman–Crippen MR) is 64.6 cm³/mol. The van der Waals surface area contributed by atoms with Crippen LogP contribution in [0.4, 0.5) is 4.79 Å². The van der Waals surface area contributed by atoms with E-state index in [1.807, 2.05) is 30.7 Å². The molecule has 5 heteroatoms.